The predicted molar refractivity (Wildman–Crippen MR) is 98.6 cm³/mol. The van der Waals surface area contributed by atoms with Crippen LogP contribution in [-0.2, 0) is 18.4 Å². The number of carbonyl (C=O) groups excluding carboxylic acids is 1. The number of likely N-dealkylation sites (tertiary alicyclic amines) is 1. The molecule has 2 aromatic heterocycles. The van der Waals surface area contributed by atoms with E-state index in [1.54, 1.807) is 0 Å². The van der Waals surface area contributed by atoms with Crippen LogP contribution >= 0.6 is 0 Å². The van der Waals surface area contributed by atoms with Gasteiger partial charge in [0.1, 0.15) is 12.4 Å². The zero-order chi connectivity index (χ0) is 17.7. The third kappa shape index (κ3) is 2.60. The first-order chi connectivity index (χ1) is 12.7. The van der Waals surface area contributed by atoms with Crippen molar-refractivity contribution in [3.63, 3.8) is 0 Å². The highest BCUT2D eigenvalue weighted by Crippen LogP contribution is 2.41. The van der Waals surface area contributed by atoms with Crippen molar-refractivity contribution in [1.29, 1.82) is 0 Å². The van der Waals surface area contributed by atoms with Gasteiger partial charge in [-0.05, 0) is 37.8 Å². The molecule has 0 radical (unpaired) electrons. The number of hydrogen-bond donors (Lipinski definition) is 0. The molecule has 0 bridgehead atoms. The lowest BCUT2D eigenvalue weighted by Gasteiger charge is -2.24. The maximum atomic E-state index is 13.2. The summed E-state index contributed by atoms with van der Waals surface area (Å²) < 4.78 is 3.96. The number of aromatic nitrogens is 4. The summed E-state index contributed by atoms with van der Waals surface area (Å²) in [4.78, 5) is 20.0. The summed E-state index contributed by atoms with van der Waals surface area (Å²) in [5, 5.41) is 4.28. The van der Waals surface area contributed by atoms with Crippen LogP contribution in [0.4, 0.5) is 0 Å². The van der Waals surface area contributed by atoms with Crippen LogP contribution in [0.25, 0.3) is 11.0 Å². The van der Waals surface area contributed by atoms with Gasteiger partial charge in [-0.2, -0.15) is 5.10 Å². The van der Waals surface area contributed by atoms with Crippen LogP contribution in [0.3, 0.4) is 0 Å². The molecule has 3 aromatic rings. The highest BCUT2D eigenvalue weighted by atomic mass is 16.2. The average Bonchev–Trinajstić information content (AvgIpc) is 3.05. The smallest absolute Gasteiger partial charge is 0.243 e. The molecule has 1 aliphatic carbocycles. The quantitative estimate of drug-likeness (QED) is 0.727. The number of hydrogen-bond acceptors (Lipinski definition) is 3. The molecule has 134 valence electrons. The Morgan fingerprint density at radius 2 is 2.08 bits per heavy atom. The van der Waals surface area contributed by atoms with Gasteiger partial charge < -0.3 is 9.47 Å². The molecule has 6 nitrogen and oxygen atoms in total. The lowest BCUT2D eigenvalue weighted by molar-refractivity contribution is -0.132. The first kappa shape index (κ1) is 15.6. The van der Waals surface area contributed by atoms with Gasteiger partial charge in [-0.1, -0.05) is 12.1 Å². The van der Waals surface area contributed by atoms with E-state index in [4.69, 9.17) is 4.98 Å². The zero-order valence-corrected chi connectivity index (χ0v) is 15.0. The number of fused-ring (bicyclic) bond motifs is 1. The van der Waals surface area contributed by atoms with E-state index in [-0.39, 0.29) is 11.9 Å². The van der Waals surface area contributed by atoms with Crippen molar-refractivity contribution in [1.82, 2.24) is 24.2 Å². The topological polar surface area (TPSA) is 56.0 Å². The second kappa shape index (κ2) is 5.97. The average molecular weight is 349 g/mol. The Morgan fingerprint density at radius 1 is 1.23 bits per heavy atom. The summed E-state index contributed by atoms with van der Waals surface area (Å²) in [6.07, 6.45) is 8.33. The van der Waals surface area contributed by atoms with E-state index in [1.165, 1.54) is 12.8 Å². The van der Waals surface area contributed by atoms with E-state index in [9.17, 15) is 4.79 Å². The molecule has 2 aliphatic rings. The van der Waals surface area contributed by atoms with Crippen LogP contribution in [0.5, 0.6) is 0 Å². The summed E-state index contributed by atoms with van der Waals surface area (Å²) in [7, 11) is 1.92. The van der Waals surface area contributed by atoms with Crippen molar-refractivity contribution in [2.45, 2.75) is 44.2 Å². The maximum absolute atomic E-state index is 13.2. The van der Waals surface area contributed by atoms with Crippen molar-refractivity contribution in [2.75, 3.05) is 6.54 Å². The number of nitrogens with zero attached hydrogens (tertiary/aromatic N) is 5. The monoisotopic (exact) mass is 349 g/mol. The molecule has 1 aromatic carbocycles. The van der Waals surface area contributed by atoms with Gasteiger partial charge in [0.15, 0.2) is 0 Å². The van der Waals surface area contributed by atoms with Crippen LogP contribution in [0, 0.1) is 0 Å². The third-order valence-electron chi connectivity index (χ3n) is 5.60. The molecule has 0 spiro atoms. The Balaban J connectivity index is 1.45. The minimum Gasteiger partial charge on any atom is -0.334 e. The largest absolute Gasteiger partial charge is 0.334 e. The predicted octanol–water partition coefficient (Wildman–Crippen LogP) is 3.01. The van der Waals surface area contributed by atoms with Gasteiger partial charge >= 0.3 is 0 Å². The van der Waals surface area contributed by atoms with Crippen LogP contribution in [0.2, 0.25) is 0 Å². The van der Waals surface area contributed by atoms with Crippen LogP contribution in [0.15, 0.2) is 36.7 Å². The van der Waals surface area contributed by atoms with E-state index >= 15 is 0 Å². The molecule has 26 heavy (non-hydrogen) atoms. The molecule has 5 rings (SSSR count). The number of carbonyl (C=O) groups is 1. The normalized spacial score (nSPS) is 20.2. The van der Waals surface area contributed by atoms with Crippen LogP contribution in [-0.4, -0.2) is 36.7 Å². The fourth-order valence-electron chi connectivity index (χ4n) is 4.16. The van der Waals surface area contributed by atoms with Gasteiger partial charge in [0.2, 0.25) is 5.91 Å². The minimum atomic E-state index is 0.148. The Labute approximate surface area is 152 Å². The lowest BCUT2D eigenvalue weighted by atomic mass is 10.1. The van der Waals surface area contributed by atoms with Crippen LogP contribution in [0.1, 0.15) is 49.0 Å². The zero-order valence-electron chi connectivity index (χ0n) is 15.0. The number of imidazole rings is 1. The first-order valence-electron chi connectivity index (χ1n) is 9.44. The number of benzene rings is 1. The highest BCUT2D eigenvalue weighted by Gasteiger charge is 2.33. The molecule has 1 atom stereocenters. The summed E-state index contributed by atoms with van der Waals surface area (Å²) in [6.45, 7) is 1.20. The molecule has 2 fully saturated rings. The summed E-state index contributed by atoms with van der Waals surface area (Å²) in [5.41, 5.74) is 3.20. The molecular formula is C20H23N5O. The summed E-state index contributed by atoms with van der Waals surface area (Å²) in [5.74, 6) is 1.78. The molecule has 1 aliphatic heterocycles. The first-order valence-corrected chi connectivity index (χ1v) is 9.44. The van der Waals surface area contributed by atoms with E-state index in [0.29, 0.717) is 12.5 Å². The Morgan fingerprint density at radius 3 is 2.85 bits per heavy atom. The van der Waals surface area contributed by atoms with Crippen molar-refractivity contribution < 1.29 is 4.79 Å². The SMILES string of the molecule is Cn1cc([C@H]2CCCN2C(=O)Cn2c(C3CC3)nc3ccccc32)cn1. The van der Waals surface area contributed by atoms with Gasteiger partial charge in [-0.25, -0.2) is 4.98 Å². The molecule has 3 heterocycles. The fourth-order valence-corrected chi connectivity index (χ4v) is 4.16. The number of amides is 1. The second-order valence-corrected chi connectivity index (χ2v) is 7.51. The lowest BCUT2D eigenvalue weighted by Crippen LogP contribution is -2.33. The highest BCUT2D eigenvalue weighted by molar-refractivity contribution is 5.81. The summed E-state index contributed by atoms with van der Waals surface area (Å²) >= 11 is 0. The second-order valence-electron chi connectivity index (χ2n) is 7.51. The molecule has 0 N–H and O–H groups in total. The van der Waals surface area contributed by atoms with E-state index < -0.39 is 0 Å². The molecular weight excluding hydrogens is 326 g/mol. The van der Waals surface area contributed by atoms with Gasteiger partial charge in [0.25, 0.3) is 0 Å². The van der Waals surface area contributed by atoms with Crippen molar-refractivity contribution in [3.05, 3.63) is 48.0 Å². The Hall–Kier alpha value is -2.63. The standard InChI is InChI=1S/C20H23N5O/c1-23-12-15(11-21-23)17-7-4-10-24(17)19(26)13-25-18-6-3-2-5-16(18)22-20(25)14-8-9-14/h2-3,5-6,11-12,14,17H,4,7-10,13H2,1H3/t17-/m1/s1. The van der Waals surface area contributed by atoms with Crippen molar-refractivity contribution >= 4 is 16.9 Å². The molecule has 1 saturated carbocycles. The van der Waals surface area contributed by atoms with Gasteiger partial charge in [0, 0.05) is 31.3 Å². The Kier molecular flexibility index (Phi) is 3.58. The number of rotatable bonds is 4. The van der Waals surface area contributed by atoms with E-state index in [2.05, 4.69) is 15.7 Å². The number of aryl methyl sites for hydroxylation is 1. The molecule has 6 heteroatoms. The molecule has 1 amide bonds. The maximum Gasteiger partial charge on any atom is 0.243 e. The Bertz CT molecular complexity index is 968. The number of para-hydroxylation sites is 2. The third-order valence-corrected chi connectivity index (χ3v) is 5.60. The van der Waals surface area contributed by atoms with Gasteiger partial charge in [-0.15, -0.1) is 0 Å². The molecule has 0 unspecified atom stereocenters. The van der Waals surface area contributed by atoms with Gasteiger partial charge in [0.05, 0.1) is 23.3 Å². The van der Waals surface area contributed by atoms with Crippen LogP contribution < -0.4 is 0 Å². The van der Waals surface area contributed by atoms with E-state index in [0.717, 1.165) is 41.8 Å². The van der Waals surface area contributed by atoms with E-state index in [1.807, 2.05) is 47.2 Å². The van der Waals surface area contributed by atoms with Crippen molar-refractivity contribution in [2.24, 2.45) is 7.05 Å². The summed E-state index contributed by atoms with van der Waals surface area (Å²) in [6, 6.07) is 8.29. The van der Waals surface area contributed by atoms with Crippen molar-refractivity contribution in [3.8, 4) is 0 Å². The minimum absolute atomic E-state index is 0.148. The fraction of sp³-hybridized carbons (Fsp3) is 0.450. The molecule has 1 saturated heterocycles. The van der Waals surface area contributed by atoms with Gasteiger partial charge in [-0.3, -0.25) is 9.48 Å².